The van der Waals surface area contributed by atoms with Crippen LogP contribution in [0.3, 0.4) is 0 Å². The molecular formula is C18H33NO2Si. The van der Waals surface area contributed by atoms with Crippen LogP contribution < -0.4 is 0 Å². The lowest BCUT2D eigenvalue weighted by atomic mass is 9.51. The van der Waals surface area contributed by atoms with Crippen LogP contribution in [0.2, 0.25) is 25.7 Å². The quantitative estimate of drug-likeness (QED) is 0.768. The van der Waals surface area contributed by atoms with E-state index >= 15 is 0 Å². The molecule has 4 rings (SSSR count). The second-order valence-electron chi connectivity index (χ2n) is 10.0. The molecule has 2 saturated carbocycles. The van der Waals surface area contributed by atoms with Gasteiger partial charge in [0.2, 0.25) is 0 Å². The molecule has 0 unspecified atom stereocenters. The highest BCUT2D eigenvalue weighted by Crippen LogP contribution is 2.62. The summed E-state index contributed by atoms with van der Waals surface area (Å²) in [6, 6.07) is 1.58. The summed E-state index contributed by atoms with van der Waals surface area (Å²) in [7, 11) is -1.30. The lowest BCUT2D eigenvalue weighted by molar-refractivity contribution is -0.160. The minimum Gasteiger partial charge on any atom is -0.391 e. The monoisotopic (exact) mass is 323 g/mol. The number of aliphatic hydroxyl groups is 2. The molecule has 4 fully saturated rings. The van der Waals surface area contributed by atoms with Gasteiger partial charge in [0.1, 0.15) is 0 Å². The predicted molar refractivity (Wildman–Crippen MR) is 91.6 cm³/mol. The first-order chi connectivity index (χ1) is 10.3. The molecule has 2 aliphatic carbocycles. The third-order valence-corrected chi connectivity index (χ3v) is 9.06. The maximum absolute atomic E-state index is 11.5. The normalized spacial score (nSPS) is 51.7. The number of hydrogen-bond acceptors (Lipinski definition) is 3. The first-order valence-corrected chi connectivity index (χ1v) is 13.1. The van der Waals surface area contributed by atoms with E-state index in [1.165, 1.54) is 25.7 Å². The van der Waals surface area contributed by atoms with Crippen molar-refractivity contribution < 1.29 is 10.2 Å². The van der Waals surface area contributed by atoms with E-state index < -0.39 is 13.7 Å². The molecule has 0 aromatic rings. The molecule has 0 aromatic carbocycles. The SMILES string of the molecule is C[Si](C)(C)C[C@@]1(O)CN2C[C@H](O)[C@@]34CCCC[C@@H]3[C@@H]2[C@@H]1CC4. The van der Waals surface area contributed by atoms with E-state index in [1.807, 2.05) is 0 Å². The van der Waals surface area contributed by atoms with E-state index in [2.05, 4.69) is 24.5 Å². The van der Waals surface area contributed by atoms with Crippen molar-refractivity contribution in [3.05, 3.63) is 0 Å². The van der Waals surface area contributed by atoms with Crippen LogP contribution in [0.1, 0.15) is 38.5 Å². The molecule has 126 valence electrons. The number of rotatable bonds is 2. The maximum atomic E-state index is 11.5. The van der Waals surface area contributed by atoms with Crippen molar-refractivity contribution >= 4 is 8.07 Å². The Balaban J connectivity index is 1.69. The smallest absolute Gasteiger partial charge is 0.0793 e. The molecule has 0 amide bonds. The Morgan fingerprint density at radius 1 is 1.09 bits per heavy atom. The van der Waals surface area contributed by atoms with Crippen LogP contribution in [0.25, 0.3) is 0 Å². The van der Waals surface area contributed by atoms with Gasteiger partial charge in [0.15, 0.2) is 0 Å². The zero-order chi connectivity index (χ0) is 15.8. The molecule has 2 heterocycles. The fourth-order valence-electron chi connectivity index (χ4n) is 6.93. The number of piperidine rings is 1. The van der Waals surface area contributed by atoms with Gasteiger partial charge in [-0.3, -0.25) is 4.90 Å². The van der Waals surface area contributed by atoms with Gasteiger partial charge in [-0.1, -0.05) is 32.5 Å². The molecule has 6 atom stereocenters. The zero-order valence-corrected chi connectivity index (χ0v) is 15.5. The Morgan fingerprint density at radius 3 is 2.59 bits per heavy atom. The fraction of sp³-hybridized carbons (Fsp3) is 1.00. The first-order valence-electron chi connectivity index (χ1n) is 9.40. The largest absolute Gasteiger partial charge is 0.391 e. The van der Waals surface area contributed by atoms with E-state index in [-0.39, 0.29) is 11.5 Å². The highest BCUT2D eigenvalue weighted by molar-refractivity contribution is 6.76. The summed E-state index contributed by atoms with van der Waals surface area (Å²) in [5.41, 5.74) is -0.289. The number of aliphatic hydroxyl groups excluding tert-OH is 1. The molecular weight excluding hydrogens is 290 g/mol. The summed E-state index contributed by atoms with van der Waals surface area (Å²) < 4.78 is 0. The molecule has 4 heteroatoms. The van der Waals surface area contributed by atoms with Crippen LogP contribution in [0, 0.1) is 17.3 Å². The van der Waals surface area contributed by atoms with Crippen molar-refractivity contribution in [1.29, 1.82) is 0 Å². The van der Waals surface area contributed by atoms with Gasteiger partial charge in [0.05, 0.1) is 11.7 Å². The minimum absolute atomic E-state index is 0.163. The molecule has 3 nitrogen and oxygen atoms in total. The Hall–Kier alpha value is 0.0969. The van der Waals surface area contributed by atoms with Gasteiger partial charge in [-0.15, -0.1) is 0 Å². The van der Waals surface area contributed by atoms with Crippen molar-refractivity contribution in [2.24, 2.45) is 17.3 Å². The fourth-order valence-corrected chi connectivity index (χ4v) is 9.14. The summed E-state index contributed by atoms with van der Waals surface area (Å²) in [5.74, 6) is 1.10. The summed E-state index contributed by atoms with van der Waals surface area (Å²) in [4.78, 5) is 2.49. The summed E-state index contributed by atoms with van der Waals surface area (Å²) in [6.07, 6.45) is 7.24. The Bertz CT molecular complexity index is 464. The highest BCUT2D eigenvalue weighted by atomic mass is 28.3. The molecule has 0 spiro atoms. The van der Waals surface area contributed by atoms with E-state index in [9.17, 15) is 10.2 Å². The van der Waals surface area contributed by atoms with Crippen LogP contribution in [0.15, 0.2) is 0 Å². The van der Waals surface area contributed by atoms with Crippen LogP contribution in [-0.4, -0.2) is 54.0 Å². The van der Waals surface area contributed by atoms with Crippen LogP contribution in [0.5, 0.6) is 0 Å². The molecule has 0 radical (unpaired) electrons. The molecule has 4 aliphatic rings. The molecule has 22 heavy (non-hydrogen) atoms. The first kappa shape index (κ1) is 15.6. The van der Waals surface area contributed by atoms with Gasteiger partial charge < -0.3 is 10.2 Å². The molecule has 2 bridgehead atoms. The molecule has 2 saturated heterocycles. The third-order valence-electron chi connectivity index (χ3n) is 7.39. The number of hydrogen-bond donors (Lipinski definition) is 2. The van der Waals surface area contributed by atoms with E-state index in [4.69, 9.17) is 0 Å². The lowest BCUT2D eigenvalue weighted by Gasteiger charge is -2.60. The molecule has 0 aromatic heterocycles. The van der Waals surface area contributed by atoms with Gasteiger partial charge in [-0.2, -0.15) is 0 Å². The number of nitrogens with zero attached hydrogens (tertiary/aromatic N) is 1. The van der Waals surface area contributed by atoms with Crippen molar-refractivity contribution in [2.75, 3.05) is 13.1 Å². The summed E-state index contributed by atoms with van der Waals surface area (Å²) in [6.45, 7) is 8.77. The second kappa shape index (κ2) is 4.81. The maximum Gasteiger partial charge on any atom is 0.0793 e. The topological polar surface area (TPSA) is 43.7 Å². The highest BCUT2D eigenvalue weighted by Gasteiger charge is 2.65. The summed E-state index contributed by atoms with van der Waals surface area (Å²) >= 11 is 0. The van der Waals surface area contributed by atoms with E-state index in [0.717, 1.165) is 32.0 Å². The second-order valence-corrected chi connectivity index (χ2v) is 15.5. The van der Waals surface area contributed by atoms with E-state index in [0.29, 0.717) is 17.9 Å². The average molecular weight is 324 g/mol. The lowest BCUT2D eigenvalue weighted by Crippen LogP contribution is -2.64. The summed E-state index contributed by atoms with van der Waals surface area (Å²) in [5, 5.41) is 22.4. The molecule has 2 N–H and O–H groups in total. The minimum atomic E-state index is -1.30. The Kier molecular flexibility index (Phi) is 3.41. The van der Waals surface area contributed by atoms with Crippen LogP contribution in [-0.2, 0) is 0 Å². The van der Waals surface area contributed by atoms with Crippen LogP contribution >= 0.6 is 0 Å². The van der Waals surface area contributed by atoms with E-state index in [1.54, 1.807) is 0 Å². The van der Waals surface area contributed by atoms with Crippen molar-refractivity contribution in [3.63, 3.8) is 0 Å². The van der Waals surface area contributed by atoms with Crippen molar-refractivity contribution in [2.45, 2.75) is 82.0 Å². The van der Waals surface area contributed by atoms with Gasteiger partial charge >= 0.3 is 0 Å². The van der Waals surface area contributed by atoms with Gasteiger partial charge in [0.25, 0.3) is 0 Å². The zero-order valence-electron chi connectivity index (χ0n) is 14.5. The van der Waals surface area contributed by atoms with Gasteiger partial charge in [-0.05, 0) is 37.6 Å². The van der Waals surface area contributed by atoms with Gasteiger partial charge in [0, 0.05) is 38.5 Å². The molecule has 2 aliphatic heterocycles. The third kappa shape index (κ3) is 2.10. The standard InChI is InChI=1S/C18H33NO2Si/c1-22(2,3)12-18(21)11-19-10-15(20)17-8-5-4-6-13(17)16(19)14(18)7-9-17/h13-16,20-21H,4-12H2,1-3H3/t13-,14+,15+,16-,17-,18+/m1/s1. The Labute approximate surface area is 136 Å². The van der Waals surface area contributed by atoms with Crippen LogP contribution in [0.4, 0.5) is 0 Å². The average Bonchev–Trinajstić information content (AvgIpc) is 2.70. The predicted octanol–water partition coefficient (Wildman–Crippen LogP) is 2.70. The van der Waals surface area contributed by atoms with Crippen molar-refractivity contribution in [1.82, 2.24) is 4.90 Å². The Morgan fingerprint density at radius 2 is 1.86 bits per heavy atom. The van der Waals surface area contributed by atoms with Gasteiger partial charge in [-0.25, -0.2) is 0 Å². The van der Waals surface area contributed by atoms with Crippen molar-refractivity contribution in [3.8, 4) is 0 Å².